The fourth-order valence-electron chi connectivity index (χ4n) is 2.03. The van der Waals surface area contributed by atoms with E-state index in [4.69, 9.17) is 5.73 Å². The fraction of sp³-hybridized carbons (Fsp3) is 0.909. The largest absolute Gasteiger partial charge is 0.370 e. The van der Waals surface area contributed by atoms with E-state index in [9.17, 15) is 0 Å². The molecule has 15 heavy (non-hydrogen) atoms. The molecule has 2 N–H and O–H groups in total. The molecular formula is C11H24N4. The van der Waals surface area contributed by atoms with Crippen molar-refractivity contribution in [2.75, 3.05) is 33.2 Å². The highest BCUT2D eigenvalue weighted by Gasteiger charge is 2.20. The van der Waals surface area contributed by atoms with Gasteiger partial charge >= 0.3 is 0 Å². The smallest absolute Gasteiger partial charge is 0.191 e. The van der Waals surface area contributed by atoms with Crippen LogP contribution in [0.25, 0.3) is 0 Å². The Hall–Kier alpha value is -0.770. The van der Waals surface area contributed by atoms with Crippen LogP contribution in [0.5, 0.6) is 0 Å². The Kier molecular flexibility index (Phi) is 4.88. The summed E-state index contributed by atoms with van der Waals surface area (Å²) in [6.45, 7) is 8.44. The number of nitrogens with zero attached hydrogens (tertiary/aromatic N) is 3. The summed E-state index contributed by atoms with van der Waals surface area (Å²) in [5.41, 5.74) is 6.00. The maximum Gasteiger partial charge on any atom is 0.191 e. The van der Waals surface area contributed by atoms with Gasteiger partial charge in [-0.3, -0.25) is 4.99 Å². The third-order valence-corrected chi connectivity index (χ3v) is 2.84. The van der Waals surface area contributed by atoms with Gasteiger partial charge in [-0.05, 0) is 33.4 Å². The average Bonchev–Trinajstić information content (AvgIpc) is 2.35. The summed E-state index contributed by atoms with van der Waals surface area (Å²) in [6, 6.07) is 0.470. The van der Waals surface area contributed by atoms with Crippen molar-refractivity contribution >= 4 is 5.96 Å². The molecule has 1 unspecified atom stereocenters. The Balaban J connectivity index is 2.58. The highest BCUT2D eigenvalue weighted by atomic mass is 15.3. The van der Waals surface area contributed by atoms with Crippen molar-refractivity contribution in [2.24, 2.45) is 10.7 Å². The molecule has 1 atom stereocenters. The van der Waals surface area contributed by atoms with Crippen molar-refractivity contribution in [3.63, 3.8) is 0 Å². The predicted molar refractivity (Wildman–Crippen MR) is 65.1 cm³/mol. The average molecular weight is 212 g/mol. The van der Waals surface area contributed by atoms with Gasteiger partial charge in [-0.2, -0.15) is 0 Å². The van der Waals surface area contributed by atoms with Gasteiger partial charge in [-0.25, -0.2) is 0 Å². The monoisotopic (exact) mass is 212 g/mol. The maximum absolute atomic E-state index is 6.00. The van der Waals surface area contributed by atoms with Gasteiger partial charge in [0.15, 0.2) is 5.96 Å². The molecule has 4 heteroatoms. The van der Waals surface area contributed by atoms with E-state index in [2.05, 4.69) is 35.7 Å². The van der Waals surface area contributed by atoms with E-state index in [0.717, 1.165) is 38.6 Å². The lowest BCUT2D eigenvalue weighted by molar-refractivity contribution is 0.283. The lowest BCUT2D eigenvalue weighted by Crippen LogP contribution is -2.45. The molecule has 0 bridgehead atoms. The van der Waals surface area contributed by atoms with E-state index in [1.54, 1.807) is 0 Å². The zero-order chi connectivity index (χ0) is 11.3. The second kappa shape index (κ2) is 5.95. The number of nitrogens with two attached hydrogens (primary N) is 1. The minimum atomic E-state index is 0.470. The van der Waals surface area contributed by atoms with Crippen molar-refractivity contribution in [3.05, 3.63) is 0 Å². The van der Waals surface area contributed by atoms with Gasteiger partial charge in [0.2, 0.25) is 0 Å². The Morgan fingerprint density at radius 1 is 1.47 bits per heavy atom. The van der Waals surface area contributed by atoms with Crippen LogP contribution in [-0.2, 0) is 0 Å². The summed E-state index contributed by atoms with van der Waals surface area (Å²) in [7, 11) is 2.17. The van der Waals surface area contributed by atoms with Gasteiger partial charge in [0, 0.05) is 25.7 Å². The highest BCUT2D eigenvalue weighted by Crippen LogP contribution is 2.07. The second-order valence-corrected chi connectivity index (χ2v) is 4.40. The first-order valence-electron chi connectivity index (χ1n) is 5.90. The molecule has 1 fully saturated rings. The second-order valence-electron chi connectivity index (χ2n) is 4.40. The predicted octanol–water partition coefficient (Wildman–Crippen LogP) is 0.737. The van der Waals surface area contributed by atoms with E-state index in [0.29, 0.717) is 6.04 Å². The minimum Gasteiger partial charge on any atom is -0.370 e. The fourth-order valence-corrected chi connectivity index (χ4v) is 2.03. The Morgan fingerprint density at radius 3 is 2.87 bits per heavy atom. The van der Waals surface area contributed by atoms with Crippen LogP contribution in [0.4, 0.5) is 0 Å². The molecule has 0 aromatic carbocycles. The van der Waals surface area contributed by atoms with Gasteiger partial charge in [0.1, 0.15) is 0 Å². The summed E-state index contributed by atoms with van der Waals surface area (Å²) in [5.74, 6) is 0.722. The molecule has 88 valence electrons. The highest BCUT2D eigenvalue weighted by molar-refractivity contribution is 5.78. The summed E-state index contributed by atoms with van der Waals surface area (Å²) in [4.78, 5) is 8.98. The van der Waals surface area contributed by atoms with Crippen molar-refractivity contribution in [1.29, 1.82) is 0 Å². The van der Waals surface area contributed by atoms with Crippen molar-refractivity contribution in [2.45, 2.75) is 32.7 Å². The summed E-state index contributed by atoms with van der Waals surface area (Å²) in [6.07, 6.45) is 2.23. The maximum atomic E-state index is 6.00. The zero-order valence-electron chi connectivity index (χ0n) is 10.2. The number of likely N-dealkylation sites (N-methyl/N-ethyl adjacent to an activating group) is 1. The van der Waals surface area contributed by atoms with Gasteiger partial charge in [0.25, 0.3) is 0 Å². The third kappa shape index (κ3) is 3.70. The normalized spacial score (nSPS) is 25.4. The van der Waals surface area contributed by atoms with Crippen molar-refractivity contribution in [1.82, 2.24) is 9.80 Å². The standard InChI is InChI=1S/C11H24N4/c1-4-6-13-11(12)15-8-5-7-14(3)9-10(15)2/h10H,4-9H2,1-3H3,(H2,12,13). The number of hydrogen-bond acceptors (Lipinski definition) is 2. The third-order valence-electron chi connectivity index (χ3n) is 2.84. The molecule has 0 aromatic rings. The van der Waals surface area contributed by atoms with Gasteiger partial charge in [0.05, 0.1) is 0 Å². The van der Waals surface area contributed by atoms with Crippen LogP contribution in [-0.4, -0.2) is 55.0 Å². The van der Waals surface area contributed by atoms with Crippen molar-refractivity contribution < 1.29 is 0 Å². The summed E-state index contributed by atoms with van der Waals surface area (Å²) >= 11 is 0. The molecular weight excluding hydrogens is 188 g/mol. The van der Waals surface area contributed by atoms with E-state index >= 15 is 0 Å². The van der Waals surface area contributed by atoms with Crippen LogP contribution in [0.15, 0.2) is 4.99 Å². The van der Waals surface area contributed by atoms with E-state index in [1.165, 1.54) is 6.42 Å². The quantitative estimate of drug-likeness (QED) is 0.542. The molecule has 0 aliphatic carbocycles. The molecule has 1 aliphatic heterocycles. The van der Waals surface area contributed by atoms with E-state index < -0.39 is 0 Å². The summed E-state index contributed by atoms with van der Waals surface area (Å²) < 4.78 is 0. The number of guanidine groups is 1. The van der Waals surface area contributed by atoms with Gasteiger partial charge < -0.3 is 15.5 Å². The number of hydrogen-bond donors (Lipinski definition) is 1. The molecule has 0 aromatic heterocycles. The Morgan fingerprint density at radius 2 is 2.20 bits per heavy atom. The Labute approximate surface area is 93.1 Å². The van der Waals surface area contributed by atoms with Gasteiger partial charge in [-0.1, -0.05) is 6.92 Å². The molecule has 1 heterocycles. The first-order chi connectivity index (χ1) is 7.15. The minimum absolute atomic E-state index is 0.470. The lowest BCUT2D eigenvalue weighted by atomic mass is 10.3. The molecule has 4 nitrogen and oxygen atoms in total. The molecule has 1 aliphatic rings. The molecule has 0 amide bonds. The van der Waals surface area contributed by atoms with Crippen LogP contribution in [0.3, 0.4) is 0 Å². The Bertz CT molecular complexity index is 215. The molecule has 0 radical (unpaired) electrons. The topological polar surface area (TPSA) is 44.9 Å². The van der Waals surface area contributed by atoms with Crippen LogP contribution < -0.4 is 5.73 Å². The molecule has 1 rings (SSSR count). The first-order valence-corrected chi connectivity index (χ1v) is 5.90. The van der Waals surface area contributed by atoms with E-state index in [-0.39, 0.29) is 0 Å². The van der Waals surface area contributed by atoms with E-state index in [1.807, 2.05) is 0 Å². The van der Waals surface area contributed by atoms with Gasteiger partial charge in [-0.15, -0.1) is 0 Å². The summed E-state index contributed by atoms with van der Waals surface area (Å²) in [5, 5.41) is 0. The zero-order valence-corrected chi connectivity index (χ0v) is 10.2. The van der Waals surface area contributed by atoms with Crippen LogP contribution in [0.2, 0.25) is 0 Å². The van der Waals surface area contributed by atoms with Crippen LogP contribution in [0, 0.1) is 0 Å². The van der Waals surface area contributed by atoms with Crippen molar-refractivity contribution in [3.8, 4) is 0 Å². The SMILES string of the molecule is CCCN=C(N)N1CCCN(C)CC1C. The number of rotatable bonds is 2. The number of aliphatic imine (C=N–C) groups is 1. The van der Waals surface area contributed by atoms with Crippen LogP contribution in [0.1, 0.15) is 26.7 Å². The molecule has 1 saturated heterocycles. The molecule has 0 spiro atoms. The van der Waals surface area contributed by atoms with Crippen LogP contribution >= 0.6 is 0 Å². The lowest BCUT2D eigenvalue weighted by Gasteiger charge is -2.28. The first kappa shape index (κ1) is 12.3. The molecule has 0 saturated carbocycles.